The Morgan fingerprint density at radius 2 is 2.00 bits per heavy atom. The number of halogens is 4. The van der Waals surface area contributed by atoms with Crippen LogP contribution in [0.15, 0.2) is 30.6 Å². The lowest BCUT2D eigenvalue weighted by Crippen LogP contribution is -2.10. The van der Waals surface area contributed by atoms with Crippen molar-refractivity contribution in [1.82, 2.24) is 9.55 Å². The summed E-state index contributed by atoms with van der Waals surface area (Å²) in [5.41, 5.74) is -1.16. The summed E-state index contributed by atoms with van der Waals surface area (Å²) in [4.78, 5) is 4.06. The average molecular weight is 301 g/mol. The maximum atomic E-state index is 13.2. The van der Waals surface area contributed by atoms with Gasteiger partial charge in [0.1, 0.15) is 5.82 Å². The van der Waals surface area contributed by atoms with E-state index in [1.807, 2.05) is 13.8 Å². The Bertz CT molecular complexity index is 617. The number of hydrogen-bond acceptors (Lipinski definition) is 2. The number of benzene rings is 1. The zero-order valence-corrected chi connectivity index (χ0v) is 11.6. The summed E-state index contributed by atoms with van der Waals surface area (Å²) in [6.07, 6.45) is -1.44. The van der Waals surface area contributed by atoms with E-state index in [1.165, 1.54) is 6.07 Å². The molecule has 0 saturated carbocycles. The van der Waals surface area contributed by atoms with Crippen molar-refractivity contribution in [3.05, 3.63) is 42.0 Å². The Balaban J connectivity index is 2.27. The van der Waals surface area contributed by atoms with Crippen LogP contribution in [0.4, 0.5) is 29.2 Å². The van der Waals surface area contributed by atoms with Crippen LogP contribution < -0.4 is 5.32 Å². The summed E-state index contributed by atoms with van der Waals surface area (Å²) >= 11 is 0. The molecule has 0 saturated heterocycles. The minimum Gasteiger partial charge on any atom is -0.326 e. The highest BCUT2D eigenvalue weighted by Gasteiger charge is 2.34. The van der Waals surface area contributed by atoms with Gasteiger partial charge in [0, 0.05) is 24.6 Å². The van der Waals surface area contributed by atoms with Crippen LogP contribution in [0.25, 0.3) is 0 Å². The third-order valence-electron chi connectivity index (χ3n) is 2.81. The number of nitrogens with one attached hydrogen (secondary N) is 1. The number of imidazole rings is 1. The first-order valence-electron chi connectivity index (χ1n) is 6.42. The molecule has 0 aliphatic rings. The van der Waals surface area contributed by atoms with Crippen molar-refractivity contribution < 1.29 is 17.6 Å². The number of hydrogen-bond donors (Lipinski definition) is 1. The second kappa shape index (κ2) is 5.75. The van der Waals surface area contributed by atoms with Gasteiger partial charge in [-0.3, -0.25) is 0 Å². The van der Waals surface area contributed by atoms with E-state index < -0.39 is 17.6 Å². The van der Waals surface area contributed by atoms with Gasteiger partial charge in [-0.2, -0.15) is 13.2 Å². The molecule has 7 heteroatoms. The lowest BCUT2D eigenvalue weighted by atomic mass is 10.2. The summed E-state index contributed by atoms with van der Waals surface area (Å²) in [5.74, 6) is -0.513. The van der Waals surface area contributed by atoms with Crippen LogP contribution in [-0.4, -0.2) is 9.55 Å². The van der Waals surface area contributed by atoms with E-state index in [-0.39, 0.29) is 5.69 Å². The van der Waals surface area contributed by atoms with Crippen molar-refractivity contribution in [2.24, 2.45) is 5.92 Å². The van der Waals surface area contributed by atoms with Crippen molar-refractivity contribution in [3.63, 3.8) is 0 Å². The van der Waals surface area contributed by atoms with Gasteiger partial charge >= 0.3 is 6.18 Å². The average Bonchev–Trinajstić information content (AvgIpc) is 2.77. The molecule has 0 fully saturated rings. The molecule has 1 aromatic heterocycles. The normalized spacial score (nSPS) is 12.0. The van der Waals surface area contributed by atoms with Gasteiger partial charge in [0.2, 0.25) is 5.95 Å². The van der Waals surface area contributed by atoms with Gasteiger partial charge in [0.25, 0.3) is 0 Å². The summed E-state index contributed by atoms with van der Waals surface area (Å²) in [7, 11) is 0. The number of rotatable bonds is 4. The Morgan fingerprint density at radius 3 is 2.62 bits per heavy atom. The molecular formula is C14H15F4N3. The zero-order valence-electron chi connectivity index (χ0n) is 11.6. The van der Waals surface area contributed by atoms with Crippen molar-refractivity contribution in [1.29, 1.82) is 0 Å². The molecule has 0 spiro atoms. The number of nitrogens with zero attached hydrogens (tertiary/aromatic N) is 2. The highest BCUT2D eigenvalue weighted by atomic mass is 19.4. The molecule has 21 heavy (non-hydrogen) atoms. The zero-order chi connectivity index (χ0) is 15.6. The molecule has 0 aliphatic heterocycles. The molecule has 1 N–H and O–H groups in total. The molecule has 0 aliphatic carbocycles. The minimum absolute atomic E-state index is 0.139. The van der Waals surface area contributed by atoms with Crippen LogP contribution in [0.2, 0.25) is 0 Å². The van der Waals surface area contributed by atoms with E-state index in [9.17, 15) is 17.6 Å². The quantitative estimate of drug-likeness (QED) is 0.846. The highest BCUT2D eigenvalue weighted by Crippen LogP contribution is 2.33. The molecule has 2 rings (SSSR count). The summed E-state index contributed by atoms with van der Waals surface area (Å²) in [5, 5.41) is 2.78. The molecule has 1 heterocycles. The van der Waals surface area contributed by atoms with E-state index in [2.05, 4.69) is 10.3 Å². The monoisotopic (exact) mass is 301 g/mol. The van der Waals surface area contributed by atoms with Gasteiger partial charge in [-0.15, -0.1) is 0 Å². The second-order valence-corrected chi connectivity index (χ2v) is 5.11. The Hall–Kier alpha value is -2.05. The topological polar surface area (TPSA) is 29.9 Å². The Labute approximate surface area is 119 Å². The Morgan fingerprint density at radius 1 is 1.29 bits per heavy atom. The van der Waals surface area contributed by atoms with Crippen LogP contribution in [0.1, 0.15) is 19.4 Å². The minimum atomic E-state index is -4.73. The summed E-state index contributed by atoms with van der Waals surface area (Å²) in [6.45, 7) is 4.71. The molecule has 114 valence electrons. The number of anilines is 2. The fourth-order valence-electron chi connectivity index (χ4n) is 1.92. The molecule has 0 amide bonds. The number of alkyl halides is 3. The molecule has 0 atom stereocenters. The van der Waals surface area contributed by atoms with E-state index in [1.54, 1.807) is 17.0 Å². The van der Waals surface area contributed by atoms with Crippen molar-refractivity contribution >= 4 is 11.6 Å². The largest absolute Gasteiger partial charge is 0.419 e. The van der Waals surface area contributed by atoms with Crippen LogP contribution in [0.5, 0.6) is 0 Å². The SMILES string of the molecule is CC(C)Cn1ccnc1Nc1ccc(F)c(C(F)(F)F)c1. The van der Waals surface area contributed by atoms with Crippen LogP contribution in [0.3, 0.4) is 0 Å². The van der Waals surface area contributed by atoms with E-state index in [0.717, 1.165) is 12.1 Å². The van der Waals surface area contributed by atoms with Gasteiger partial charge in [-0.05, 0) is 24.1 Å². The molecule has 3 nitrogen and oxygen atoms in total. The lowest BCUT2D eigenvalue weighted by Gasteiger charge is -2.13. The maximum absolute atomic E-state index is 13.2. The standard InChI is InChI=1S/C14H15F4N3/c1-9(2)8-21-6-5-19-13(21)20-10-3-4-12(15)11(7-10)14(16,17)18/h3-7,9H,8H2,1-2H3,(H,19,20). The predicted molar refractivity (Wildman–Crippen MR) is 71.7 cm³/mol. The molecular weight excluding hydrogens is 286 g/mol. The molecule has 0 bridgehead atoms. The summed E-state index contributed by atoms with van der Waals surface area (Å²) < 4.78 is 53.0. The molecule has 0 radical (unpaired) electrons. The van der Waals surface area contributed by atoms with Crippen LogP contribution in [-0.2, 0) is 12.7 Å². The van der Waals surface area contributed by atoms with Crippen LogP contribution >= 0.6 is 0 Å². The van der Waals surface area contributed by atoms with Gasteiger partial charge < -0.3 is 9.88 Å². The third kappa shape index (κ3) is 3.74. The second-order valence-electron chi connectivity index (χ2n) is 5.11. The first-order chi connectivity index (χ1) is 9.77. The van der Waals surface area contributed by atoms with Gasteiger partial charge in [0.15, 0.2) is 0 Å². The van der Waals surface area contributed by atoms with Gasteiger partial charge in [-0.25, -0.2) is 9.37 Å². The maximum Gasteiger partial charge on any atom is 0.419 e. The fraction of sp³-hybridized carbons (Fsp3) is 0.357. The van der Waals surface area contributed by atoms with E-state index >= 15 is 0 Å². The molecule has 0 unspecified atom stereocenters. The molecule has 1 aromatic carbocycles. The highest BCUT2D eigenvalue weighted by molar-refractivity contribution is 5.55. The van der Waals surface area contributed by atoms with Gasteiger partial charge in [0.05, 0.1) is 5.56 Å². The van der Waals surface area contributed by atoms with E-state index in [4.69, 9.17) is 0 Å². The smallest absolute Gasteiger partial charge is 0.326 e. The van der Waals surface area contributed by atoms with Gasteiger partial charge in [-0.1, -0.05) is 13.8 Å². The Kier molecular flexibility index (Phi) is 4.20. The summed E-state index contributed by atoms with van der Waals surface area (Å²) in [6, 6.07) is 2.78. The van der Waals surface area contributed by atoms with Crippen LogP contribution in [0, 0.1) is 11.7 Å². The predicted octanol–water partition coefficient (Wildman–Crippen LogP) is 4.44. The first kappa shape index (κ1) is 15.3. The fourth-order valence-corrected chi connectivity index (χ4v) is 1.92. The lowest BCUT2D eigenvalue weighted by molar-refractivity contribution is -0.139. The first-order valence-corrected chi connectivity index (χ1v) is 6.42. The van der Waals surface area contributed by atoms with Crippen molar-refractivity contribution in [2.45, 2.75) is 26.6 Å². The van der Waals surface area contributed by atoms with Crippen molar-refractivity contribution in [3.8, 4) is 0 Å². The molecule has 2 aromatic rings. The number of aromatic nitrogens is 2. The third-order valence-corrected chi connectivity index (χ3v) is 2.81. The van der Waals surface area contributed by atoms with Crippen molar-refractivity contribution in [2.75, 3.05) is 5.32 Å². The van der Waals surface area contributed by atoms with E-state index in [0.29, 0.717) is 18.4 Å².